The van der Waals surface area contributed by atoms with Crippen LogP contribution in [-0.4, -0.2) is 12.7 Å². The predicted molar refractivity (Wildman–Crippen MR) is 57.3 cm³/mol. The maximum absolute atomic E-state index is 12.2. The second-order valence-corrected chi connectivity index (χ2v) is 3.73. The van der Waals surface area contributed by atoms with Crippen LogP contribution in [-0.2, 0) is 0 Å². The van der Waals surface area contributed by atoms with Crippen LogP contribution < -0.4 is 9.47 Å². The number of benzene rings is 2. The molecule has 20 heavy (non-hydrogen) atoms. The molecule has 2 aromatic rings. The molecule has 0 aliphatic heterocycles. The molecule has 0 amide bonds. The highest BCUT2D eigenvalue weighted by Gasteiger charge is 2.32. The Morgan fingerprint density at radius 3 is 2.00 bits per heavy atom. The number of alkyl halides is 6. The number of hydrogen-bond acceptors (Lipinski definition) is 2. The topological polar surface area (TPSA) is 18.5 Å². The van der Waals surface area contributed by atoms with E-state index < -0.39 is 24.2 Å². The molecule has 0 aliphatic rings. The molecule has 108 valence electrons. The Morgan fingerprint density at radius 1 is 0.750 bits per heavy atom. The standard InChI is InChI=1S/C12H6F6O2/c13-11(14,15)19-8-4-5-9-7(6-8)2-1-3-10(9)20-12(16,17)18/h1-6H. The van der Waals surface area contributed by atoms with Crippen molar-refractivity contribution in [3.63, 3.8) is 0 Å². The van der Waals surface area contributed by atoms with E-state index in [1.54, 1.807) is 0 Å². The van der Waals surface area contributed by atoms with Gasteiger partial charge in [0.2, 0.25) is 0 Å². The van der Waals surface area contributed by atoms with Gasteiger partial charge in [0.1, 0.15) is 11.5 Å². The summed E-state index contributed by atoms with van der Waals surface area (Å²) in [5.41, 5.74) is 0. The van der Waals surface area contributed by atoms with E-state index in [1.165, 1.54) is 12.1 Å². The highest BCUT2D eigenvalue weighted by atomic mass is 19.4. The fourth-order valence-corrected chi connectivity index (χ4v) is 1.64. The molecule has 0 heterocycles. The van der Waals surface area contributed by atoms with Crippen molar-refractivity contribution in [1.29, 1.82) is 0 Å². The maximum atomic E-state index is 12.2. The van der Waals surface area contributed by atoms with Crippen LogP contribution in [0.5, 0.6) is 11.5 Å². The molecule has 2 nitrogen and oxygen atoms in total. The third-order valence-electron chi connectivity index (χ3n) is 2.27. The van der Waals surface area contributed by atoms with E-state index in [1.807, 2.05) is 0 Å². The number of halogens is 6. The lowest BCUT2D eigenvalue weighted by Gasteiger charge is -2.13. The minimum absolute atomic E-state index is 0.0272. The number of ether oxygens (including phenoxy) is 2. The fourth-order valence-electron chi connectivity index (χ4n) is 1.64. The Balaban J connectivity index is 2.40. The summed E-state index contributed by atoms with van der Waals surface area (Å²) in [6.07, 6.45) is -9.75. The van der Waals surface area contributed by atoms with Crippen molar-refractivity contribution in [2.75, 3.05) is 0 Å². The van der Waals surface area contributed by atoms with Gasteiger partial charge < -0.3 is 9.47 Å². The van der Waals surface area contributed by atoms with Gasteiger partial charge in [0, 0.05) is 5.39 Å². The lowest BCUT2D eigenvalue weighted by Crippen LogP contribution is -2.17. The van der Waals surface area contributed by atoms with Gasteiger partial charge in [0.15, 0.2) is 0 Å². The molecule has 2 rings (SSSR count). The highest BCUT2D eigenvalue weighted by Crippen LogP contribution is 2.33. The molecular formula is C12H6F6O2. The molecule has 0 unspecified atom stereocenters. The van der Waals surface area contributed by atoms with Crippen LogP contribution in [0.3, 0.4) is 0 Å². The Labute approximate surface area is 108 Å². The molecule has 0 N–H and O–H groups in total. The summed E-state index contributed by atoms with van der Waals surface area (Å²) < 4.78 is 80.1. The van der Waals surface area contributed by atoms with Crippen LogP contribution in [0, 0.1) is 0 Å². The molecule has 8 heteroatoms. The molecule has 0 saturated carbocycles. The third kappa shape index (κ3) is 3.69. The molecule has 0 radical (unpaired) electrons. The first-order valence-corrected chi connectivity index (χ1v) is 5.18. The molecule has 2 aromatic carbocycles. The normalized spacial score (nSPS) is 12.5. The minimum Gasteiger partial charge on any atom is -0.406 e. The first-order chi connectivity index (χ1) is 9.14. The van der Waals surface area contributed by atoms with Crippen molar-refractivity contribution in [3.8, 4) is 11.5 Å². The number of hydrogen-bond donors (Lipinski definition) is 0. The van der Waals surface area contributed by atoms with E-state index in [4.69, 9.17) is 0 Å². The van der Waals surface area contributed by atoms with Gasteiger partial charge in [0.25, 0.3) is 0 Å². The van der Waals surface area contributed by atoms with E-state index in [0.29, 0.717) is 0 Å². The monoisotopic (exact) mass is 296 g/mol. The van der Waals surface area contributed by atoms with E-state index >= 15 is 0 Å². The quantitative estimate of drug-likeness (QED) is 0.752. The van der Waals surface area contributed by atoms with Gasteiger partial charge in [-0.15, -0.1) is 26.3 Å². The Bertz CT molecular complexity index is 617. The second-order valence-electron chi connectivity index (χ2n) is 3.73. The lowest BCUT2D eigenvalue weighted by molar-refractivity contribution is -0.275. The van der Waals surface area contributed by atoms with Crippen LogP contribution in [0.4, 0.5) is 26.3 Å². The van der Waals surface area contributed by atoms with Crippen LogP contribution in [0.2, 0.25) is 0 Å². The van der Waals surface area contributed by atoms with Crippen molar-refractivity contribution >= 4 is 10.8 Å². The Morgan fingerprint density at radius 2 is 1.40 bits per heavy atom. The zero-order valence-electron chi connectivity index (χ0n) is 9.55. The molecule has 0 saturated heterocycles. The van der Waals surface area contributed by atoms with Gasteiger partial charge in [-0.05, 0) is 29.7 Å². The number of fused-ring (bicyclic) bond motifs is 1. The zero-order valence-corrected chi connectivity index (χ0v) is 9.55. The Hall–Kier alpha value is -2.12. The minimum atomic E-state index is -4.88. The van der Waals surface area contributed by atoms with Gasteiger partial charge in [-0.2, -0.15) is 0 Å². The summed E-state index contributed by atoms with van der Waals surface area (Å²) in [5.74, 6) is -1.01. The van der Waals surface area contributed by atoms with Crippen LogP contribution >= 0.6 is 0 Å². The van der Waals surface area contributed by atoms with Gasteiger partial charge >= 0.3 is 12.7 Å². The summed E-state index contributed by atoms with van der Waals surface area (Å²) in [6, 6.07) is 6.62. The predicted octanol–water partition coefficient (Wildman–Crippen LogP) is 4.64. The van der Waals surface area contributed by atoms with Crippen LogP contribution in [0.25, 0.3) is 10.8 Å². The summed E-state index contributed by atoms with van der Waals surface area (Å²) in [4.78, 5) is 0. The molecule has 0 atom stereocenters. The summed E-state index contributed by atoms with van der Waals surface area (Å²) in [7, 11) is 0. The molecule has 0 bridgehead atoms. The van der Waals surface area contributed by atoms with E-state index in [2.05, 4.69) is 9.47 Å². The van der Waals surface area contributed by atoms with Crippen molar-refractivity contribution in [3.05, 3.63) is 36.4 Å². The molecule has 0 spiro atoms. The van der Waals surface area contributed by atoms with Crippen molar-refractivity contribution in [2.45, 2.75) is 12.7 Å². The number of rotatable bonds is 2. The van der Waals surface area contributed by atoms with E-state index in [9.17, 15) is 26.3 Å². The smallest absolute Gasteiger partial charge is 0.406 e. The molecule has 0 fully saturated rings. The maximum Gasteiger partial charge on any atom is 0.573 e. The largest absolute Gasteiger partial charge is 0.573 e. The summed E-state index contributed by atoms with van der Waals surface area (Å²) in [6.45, 7) is 0. The molecular weight excluding hydrogens is 290 g/mol. The van der Waals surface area contributed by atoms with E-state index in [0.717, 1.165) is 24.3 Å². The SMILES string of the molecule is FC(F)(F)Oc1ccc2c(OC(F)(F)F)cccc2c1. The first kappa shape index (κ1) is 14.3. The lowest BCUT2D eigenvalue weighted by atomic mass is 10.1. The fraction of sp³-hybridized carbons (Fsp3) is 0.167. The van der Waals surface area contributed by atoms with Gasteiger partial charge in [0.05, 0.1) is 0 Å². The first-order valence-electron chi connectivity index (χ1n) is 5.18. The zero-order chi connectivity index (χ0) is 15.0. The highest BCUT2D eigenvalue weighted by molar-refractivity contribution is 5.89. The molecule has 0 aromatic heterocycles. The third-order valence-corrected chi connectivity index (χ3v) is 2.27. The van der Waals surface area contributed by atoms with Gasteiger partial charge in [-0.25, -0.2) is 0 Å². The average Bonchev–Trinajstić information content (AvgIpc) is 2.24. The van der Waals surface area contributed by atoms with Crippen molar-refractivity contribution < 1.29 is 35.8 Å². The summed E-state index contributed by atoms with van der Waals surface area (Å²) >= 11 is 0. The van der Waals surface area contributed by atoms with Gasteiger partial charge in [-0.1, -0.05) is 12.1 Å². The Kier molecular flexibility index (Phi) is 3.41. The van der Waals surface area contributed by atoms with Crippen LogP contribution in [0.15, 0.2) is 36.4 Å². The van der Waals surface area contributed by atoms with E-state index in [-0.39, 0.29) is 10.8 Å². The average molecular weight is 296 g/mol. The van der Waals surface area contributed by atoms with Crippen molar-refractivity contribution in [2.24, 2.45) is 0 Å². The van der Waals surface area contributed by atoms with Crippen LogP contribution in [0.1, 0.15) is 0 Å². The van der Waals surface area contributed by atoms with Gasteiger partial charge in [-0.3, -0.25) is 0 Å². The summed E-state index contributed by atoms with van der Waals surface area (Å²) in [5, 5.41) is 0.160. The second kappa shape index (κ2) is 4.77. The molecule has 0 aliphatic carbocycles. The van der Waals surface area contributed by atoms with Crippen molar-refractivity contribution in [1.82, 2.24) is 0 Å².